The third-order valence-electron chi connectivity index (χ3n) is 12.1. The number of hydrogen-bond acceptors (Lipinski definition) is 7. The molecule has 2 aliphatic heterocycles. The van der Waals surface area contributed by atoms with Crippen LogP contribution in [0, 0.1) is 36.0 Å². The maximum Gasteiger partial charge on any atom is 0.242 e. The zero-order chi connectivity index (χ0) is 37.1. The van der Waals surface area contributed by atoms with Crippen molar-refractivity contribution < 1.29 is 24.3 Å². The molecule has 2 aromatic heterocycles. The molecule has 0 radical (unpaired) electrons. The fourth-order valence-electron chi connectivity index (χ4n) is 9.51. The number of fused-ring (bicyclic) bond motifs is 5. The highest BCUT2D eigenvalue weighted by atomic mass is 35.5. The molecule has 53 heavy (non-hydrogen) atoms. The highest BCUT2D eigenvalue weighted by Crippen LogP contribution is 2.64. The molecule has 0 spiro atoms. The Morgan fingerprint density at radius 1 is 0.943 bits per heavy atom. The fourth-order valence-corrected chi connectivity index (χ4v) is 10.8. The molecule has 5 aromatic rings. The van der Waals surface area contributed by atoms with Gasteiger partial charge < -0.3 is 5.11 Å². The zero-order valence-corrected chi connectivity index (χ0v) is 30.8. The molecule has 9 rings (SSSR count). The number of hydrogen-bond donors (Lipinski definition) is 1. The predicted molar refractivity (Wildman–Crippen MR) is 206 cm³/mol. The summed E-state index contributed by atoms with van der Waals surface area (Å²) < 4.78 is 2.63. The summed E-state index contributed by atoms with van der Waals surface area (Å²) in [5.41, 5.74) is 3.44. The molecule has 4 aliphatic rings. The fraction of sp³-hybridized carbons (Fsp3) is 0.262. The van der Waals surface area contributed by atoms with Gasteiger partial charge in [-0.25, -0.2) is 4.90 Å². The van der Waals surface area contributed by atoms with Gasteiger partial charge in [0.2, 0.25) is 23.6 Å². The average Bonchev–Trinajstić information content (AvgIpc) is 3.82. The quantitative estimate of drug-likeness (QED) is 0.144. The van der Waals surface area contributed by atoms with E-state index in [1.54, 1.807) is 71.6 Å². The number of nitrogens with zero attached hydrogens (tertiary/aromatic N) is 4. The van der Waals surface area contributed by atoms with E-state index in [0.717, 1.165) is 37.2 Å². The number of carbonyl (C=O) groups is 4. The van der Waals surface area contributed by atoms with Crippen LogP contribution in [0.15, 0.2) is 91.0 Å². The van der Waals surface area contributed by atoms with Gasteiger partial charge in [-0.05, 0) is 97.1 Å². The summed E-state index contributed by atoms with van der Waals surface area (Å²) >= 11 is 7.89. The lowest BCUT2D eigenvalue weighted by atomic mass is 9.51. The van der Waals surface area contributed by atoms with E-state index in [1.165, 1.54) is 9.80 Å². The number of halogens is 1. The van der Waals surface area contributed by atoms with Crippen molar-refractivity contribution in [2.45, 2.75) is 32.6 Å². The third-order valence-corrected chi connectivity index (χ3v) is 13.6. The minimum atomic E-state index is -1.22. The summed E-state index contributed by atoms with van der Waals surface area (Å²) in [6, 6.07) is 21.4. The molecule has 3 aromatic carbocycles. The van der Waals surface area contributed by atoms with Gasteiger partial charge in [-0.2, -0.15) is 5.10 Å². The summed E-state index contributed by atoms with van der Waals surface area (Å²) in [6.45, 7) is 7.66. The van der Waals surface area contributed by atoms with Gasteiger partial charge in [0.25, 0.3) is 0 Å². The second-order valence-electron chi connectivity index (χ2n) is 14.8. The molecule has 2 saturated heterocycles. The van der Waals surface area contributed by atoms with Crippen LogP contribution in [-0.2, 0) is 26.2 Å². The van der Waals surface area contributed by atoms with Crippen molar-refractivity contribution in [3.05, 3.63) is 113 Å². The minimum Gasteiger partial charge on any atom is -0.508 e. The first kappa shape index (κ1) is 33.5. The van der Waals surface area contributed by atoms with Crippen LogP contribution < -0.4 is 9.80 Å². The van der Waals surface area contributed by atoms with Crippen LogP contribution in [-0.4, -0.2) is 38.5 Å². The molecule has 1 saturated carbocycles. The normalized spacial score (nSPS) is 26.6. The number of imide groups is 2. The molecular formula is C42H35ClN4O5S. The number of amides is 4. The number of anilines is 2. The van der Waals surface area contributed by atoms with E-state index in [2.05, 4.69) is 6.58 Å². The number of thiophene rings is 1. The maximum atomic E-state index is 15.0. The first-order valence-corrected chi connectivity index (χ1v) is 18.8. The van der Waals surface area contributed by atoms with Crippen LogP contribution in [0.3, 0.4) is 0 Å². The first-order valence-electron chi connectivity index (χ1n) is 17.6. The van der Waals surface area contributed by atoms with Gasteiger partial charge in [0.15, 0.2) is 0 Å². The Kier molecular flexibility index (Phi) is 7.49. The lowest BCUT2D eigenvalue weighted by molar-refractivity contribution is -0.131. The number of aromatic nitrogens is 2. The van der Waals surface area contributed by atoms with Crippen LogP contribution >= 0.6 is 22.9 Å². The highest BCUT2D eigenvalue weighted by molar-refractivity contribution is 7.22. The molecule has 6 atom stereocenters. The van der Waals surface area contributed by atoms with E-state index >= 15 is 4.79 Å². The Morgan fingerprint density at radius 3 is 2.40 bits per heavy atom. The number of allylic oxidation sites excluding steroid dienone is 2. The molecule has 3 fully saturated rings. The van der Waals surface area contributed by atoms with E-state index in [9.17, 15) is 19.5 Å². The van der Waals surface area contributed by atoms with Gasteiger partial charge >= 0.3 is 0 Å². The van der Waals surface area contributed by atoms with Gasteiger partial charge in [0, 0.05) is 28.8 Å². The second kappa shape index (κ2) is 11.8. The molecule has 266 valence electrons. The maximum absolute atomic E-state index is 15.0. The zero-order valence-electron chi connectivity index (χ0n) is 29.2. The van der Waals surface area contributed by atoms with Gasteiger partial charge in [-0.3, -0.25) is 28.8 Å². The molecule has 11 heteroatoms. The van der Waals surface area contributed by atoms with E-state index in [0.29, 0.717) is 28.6 Å². The summed E-state index contributed by atoms with van der Waals surface area (Å²) in [5, 5.41) is 16.7. The average molecular weight is 743 g/mol. The largest absolute Gasteiger partial charge is 0.508 e. The molecule has 9 nitrogen and oxygen atoms in total. The van der Waals surface area contributed by atoms with Gasteiger partial charge in [0.05, 0.1) is 33.7 Å². The summed E-state index contributed by atoms with van der Waals surface area (Å²) in [7, 11) is 1.73. The predicted octanol–water partition coefficient (Wildman–Crippen LogP) is 8.05. The second-order valence-corrected chi connectivity index (χ2v) is 16.3. The van der Waals surface area contributed by atoms with Crippen molar-refractivity contribution in [1.82, 2.24) is 9.78 Å². The van der Waals surface area contributed by atoms with Crippen LogP contribution in [0.2, 0.25) is 5.02 Å². The van der Waals surface area contributed by atoms with Gasteiger partial charge in [0.1, 0.15) is 17.3 Å². The van der Waals surface area contributed by atoms with Crippen molar-refractivity contribution in [2.24, 2.45) is 36.1 Å². The van der Waals surface area contributed by atoms with Crippen LogP contribution in [0.5, 0.6) is 5.75 Å². The third kappa shape index (κ3) is 4.71. The van der Waals surface area contributed by atoms with Crippen LogP contribution in [0.4, 0.5) is 11.5 Å². The molecule has 0 unspecified atom stereocenters. The standard InChI is InChI=1S/C42H35ClN4O5S/c1-5-22-6-11-25(12-7-22)46-38(49)28-16-15-27-30(35(28)40(46)51)19-31-39(50)47(41(52)42(31,3)36(27)23-8-13-26(48)14-9-23)34-20-32(44-45(34)4)37-21(2)29-18-24(43)10-17-33(29)53-37/h5-15,17-18,20,28,30-31,35-36,48H,1,16,19H2,2-4H3/t28-,30+,31-,35-,36-,42+/m0/s1. The topological polar surface area (TPSA) is 113 Å². The van der Waals surface area contributed by atoms with Gasteiger partial charge in [-0.1, -0.05) is 60.2 Å². The summed E-state index contributed by atoms with van der Waals surface area (Å²) in [4.78, 5) is 61.6. The molecule has 1 N–H and O–H groups in total. The molecule has 4 heterocycles. The van der Waals surface area contributed by atoms with Gasteiger partial charge in [-0.15, -0.1) is 11.3 Å². The Bertz CT molecular complexity index is 2460. The minimum absolute atomic E-state index is 0.0758. The SMILES string of the molecule is C=Cc1ccc(N2C(=O)[C@H]3[C@H](CC=C4[C@H]3C[C@H]3C(=O)N(c5cc(-c6sc7ccc(Cl)cc7c6C)nn5C)C(=O)[C@@]3(C)[C@H]4c3ccc(O)cc3)C2=O)cc1. The number of carbonyl (C=O) groups excluding carboxylic acids is 4. The number of aryl methyl sites for hydroxylation is 2. The number of rotatable bonds is 5. The van der Waals surface area contributed by atoms with Crippen LogP contribution in [0.25, 0.3) is 26.7 Å². The number of phenolic OH excluding ortho intramolecular Hbond substituents is 1. The van der Waals surface area contributed by atoms with E-state index in [1.807, 2.05) is 50.3 Å². The van der Waals surface area contributed by atoms with Crippen molar-refractivity contribution >= 4 is 74.2 Å². The Hall–Kier alpha value is -5.32. The first-order chi connectivity index (χ1) is 25.4. The lowest BCUT2D eigenvalue weighted by Crippen LogP contribution is -2.48. The Labute approximate surface area is 314 Å². The van der Waals surface area contributed by atoms with E-state index < -0.39 is 35.0 Å². The van der Waals surface area contributed by atoms with E-state index in [4.69, 9.17) is 16.7 Å². The van der Waals surface area contributed by atoms with Crippen molar-refractivity contribution in [3.63, 3.8) is 0 Å². The Morgan fingerprint density at radius 2 is 1.68 bits per heavy atom. The summed E-state index contributed by atoms with van der Waals surface area (Å²) in [6.07, 6.45) is 4.31. The monoisotopic (exact) mass is 742 g/mol. The van der Waals surface area contributed by atoms with Crippen molar-refractivity contribution in [2.75, 3.05) is 9.80 Å². The molecule has 0 bridgehead atoms. The van der Waals surface area contributed by atoms with Crippen LogP contribution in [0.1, 0.15) is 42.4 Å². The van der Waals surface area contributed by atoms with Crippen molar-refractivity contribution in [1.29, 1.82) is 0 Å². The molecule has 4 amide bonds. The highest BCUT2D eigenvalue weighted by Gasteiger charge is 2.68. The molecular weight excluding hydrogens is 708 g/mol. The molecule has 2 aliphatic carbocycles. The number of phenols is 1. The van der Waals surface area contributed by atoms with Crippen molar-refractivity contribution in [3.8, 4) is 16.3 Å². The number of benzene rings is 3. The summed E-state index contributed by atoms with van der Waals surface area (Å²) in [5.74, 6) is -3.90. The number of aromatic hydroxyl groups is 1. The smallest absolute Gasteiger partial charge is 0.242 e. The lowest BCUT2D eigenvalue weighted by Gasteiger charge is -2.49. The van der Waals surface area contributed by atoms with E-state index in [-0.39, 0.29) is 35.8 Å². The Balaban J connectivity index is 1.13.